The van der Waals surface area contributed by atoms with E-state index in [9.17, 15) is 0 Å². The highest BCUT2D eigenvalue weighted by Gasteiger charge is 2.43. The van der Waals surface area contributed by atoms with Crippen molar-refractivity contribution < 1.29 is 0 Å². The highest BCUT2D eigenvalue weighted by Crippen LogP contribution is 2.56. The minimum absolute atomic E-state index is 0.0994. The van der Waals surface area contributed by atoms with Gasteiger partial charge in [0.05, 0.1) is 22.2 Å². The number of pyridine rings is 1. The Labute approximate surface area is 268 Å². The summed E-state index contributed by atoms with van der Waals surface area (Å²) in [4.78, 5) is 7.61. The van der Waals surface area contributed by atoms with E-state index < -0.39 is 0 Å². The third-order valence-electron chi connectivity index (χ3n) is 10.9. The lowest BCUT2D eigenvalue weighted by atomic mass is 9.68. The minimum atomic E-state index is -0.205. The van der Waals surface area contributed by atoms with E-state index in [4.69, 9.17) is 4.98 Å². The Bertz CT molecular complexity index is 2520. The average molecular weight is 592 g/mol. The van der Waals surface area contributed by atoms with Crippen LogP contribution in [-0.2, 0) is 10.8 Å². The summed E-state index contributed by atoms with van der Waals surface area (Å²) in [6, 6.07) is 46.8. The van der Waals surface area contributed by atoms with Gasteiger partial charge in [-0.25, -0.2) is 4.98 Å². The van der Waals surface area contributed by atoms with Gasteiger partial charge in [0.1, 0.15) is 5.82 Å². The van der Waals surface area contributed by atoms with Crippen molar-refractivity contribution in [2.45, 2.75) is 38.5 Å². The maximum Gasteiger partial charge on any atom is 0.138 e. The first kappa shape index (κ1) is 25.9. The molecule has 220 valence electrons. The van der Waals surface area contributed by atoms with Crippen molar-refractivity contribution in [2.24, 2.45) is 0 Å². The molecule has 6 aromatic carbocycles. The number of para-hydroxylation sites is 3. The van der Waals surface area contributed by atoms with Crippen LogP contribution in [0.2, 0.25) is 0 Å². The van der Waals surface area contributed by atoms with Crippen LogP contribution in [0.25, 0.3) is 49.2 Å². The number of fused-ring (bicyclic) bond motifs is 3. The molecule has 0 N–H and O–H groups in total. The van der Waals surface area contributed by atoms with Gasteiger partial charge in [0.2, 0.25) is 0 Å². The molecule has 3 nitrogen and oxygen atoms in total. The second kappa shape index (κ2) is 8.64. The average Bonchev–Trinajstić information content (AvgIpc) is 3.41. The SMILES string of the molecule is CC1(C)c2cccc3c2-n2c4c1cccc4c1cc(N(c4ccc5ccccc5c4)c4ccc5ccccc5n4)cc(c12)C3(C)C. The zero-order valence-corrected chi connectivity index (χ0v) is 26.5. The van der Waals surface area contributed by atoms with Crippen LogP contribution in [0, 0.1) is 0 Å². The monoisotopic (exact) mass is 591 g/mol. The largest absolute Gasteiger partial charge is 0.308 e. The molecule has 4 heterocycles. The van der Waals surface area contributed by atoms with Crippen molar-refractivity contribution in [3.8, 4) is 5.69 Å². The van der Waals surface area contributed by atoms with Crippen LogP contribution in [0.15, 0.2) is 127 Å². The van der Waals surface area contributed by atoms with E-state index in [2.05, 4.69) is 165 Å². The van der Waals surface area contributed by atoms with Crippen molar-refractivity contribution in [1.29, 1.82) is 0 Å². The Hall–Kier alpha value is -5.41. The van der Waals surface area contributed by atoms with Gasteiger partial charge in [-0.1, -0.05) is 113 Å². The van der Waals surface area contributed by atoms with Crippen LogP contribution in [0.5, 0.6) is 0 Å². The summed E-state index contributed by atoms with van der Waals surface area (Å²) in [6.45, 7) is 9.58. The summed E-state index contributed by atoms with van der Waals surface area (Å²) >= 11 is 0. The fourth-order valence-corrected chi connectivity index (χ4v) is 8.50. The van der Waals surface area contributed by atoms with Crippen molar-refractivity contribution in [1.82, 2.24) is 9.55 Å². The first-order valence-corrected chi connectivity index (χ1v) is 16.2. The smallest absolute Gasteiger partial charge is 0.138 e. The van der Waals surface area contributed by atoms with E-state index in [0.29, 0.717) is 0 Å². The van der Waals surface area contributed by atoms with Gasteiger partial charge in [-0.05, 0) is 75.5 Å². The first-order valence-electron chi connectivity index (χ1n) is 16.2. The second-order valence-corrected chi connectivity index (χ2v) is 14.1. The molecule has 8 aromatic rings. The fourth-order valence-electron chi connectivity index (χ4n) is 8.50. The van der Waals surface area contributed by atoms with Crippen LogP contribution < -0.4 is 4.90 Å². The van der Waals surface area contributed by atoms with Gasteiger partial charge in [-0.15, -0.1) is 0 Å². The Morgan fingerprint density at radius 1 is 0.500 bits per heavy atom. The number of rotatable bonds is 3. The predicted octanol–water partition coefficient (Wildman–Crippen LogP) is 11.2. The van der Waals surface area contributed by atoms with E-state index in [-0.39, 0.29) is 10.8 Å². The maximum atomic E-state index is 5.26. The van der Waals surface area contributed by atoms with Gasteiger partial charge >= 0.3 is 0 Å². The molecule has 46 heavy (non-hydrogen) atoms. The molecule has 0 amide bonds. The van der Waals surface area contributed by atoms with E-state index in [1.54, 1.807) is 0 Å². The maximum absolute atomic E-state index is 5.26. The summed E-state index contributed by atoms with van der Waals surface area (Å²) in [7, 11) is 0. The molecule has 0 atom stereocenters. The predicted molar refractivity (Wildman–Crippen MR) is 193 cm³/mol. The molecular formula is C43H33N3. The molecule has 0 spiro atoms. The summed E-state index contributed by atoms with van der Waals surface area (Å²) in [5.74, 6) is 0.909. The Morgan fingerprint density at radius 2 is 1.15 bits per heavy atom. The molecule has 0 radical (unpaired) electrons. The van der Waals surface area contributed by atoms with E-state index in [0.717, 1.165) is 28.1 Å². The van der Waals surface area contributed by atoms with Crippen LogP contribution in [-0.4, -0.2) is 9.55 Å². The van der Waals surface area contributed by atoms with E-state index in [1.807, 2.05) is 0 Å². The summed E-state index contributed by atoms with van der Waals surface area (Å²) < 4.78 is 2.59. The molecule has 2 aliphatic rings. The van der Waals surface area contributed by atoms with Crippen LogP contribution in [0.4, 0.5) is 17.2 Å². The van der Waals surface area contributed by atoms with Gasteiger partial charge in [0, 0.05) is 38.4 Å². The van der Waals surface area contributed by atoms with Crippen molar-refractivity contribution in [3.05, 3.63) is 150 Å². The number of benzene rings is 6. The molecule has 0 saturated heterocycles. The molecule has 2 aromatic heterocycles. The zero-order chi connectivity index (χ0) is 30.9. The van der Waals surface area contributed by atoms with E-state index >= 15 is 0 Å². The van der Waals surface area contributed by atoms with Gasteiger partial charge in [0.15, 0.2) is 0 Å². The summed E-state index contributed by atoms with van der Waals surface area (Å²) in [6.07, 6.45) is 0. The zero-order valence-electron chi connectivity index (χ0n) is 26.5. The standard InChI is InChI=1S/C43H33N3/c1-42(2)33-15-9-14-31-32-24-30(25-36-40(32)46(39(31)33)41-34(42)16-10-17-35(41)43(36,3)4)45(29-21-19-26-11-5-6-13-28(26)23-29)38-22-20-27-12-7-8-18-37(27)44-38/h5-25H,1-4H3. The van der Waals surface area contributed by atoms with E-state index in [1.165, 1.54) is 60.5 Å². The molecule has 0 saturated carbocycles. The number of aromatic nitrogens is 2. The normalized spacial score (nSPS) is 15.3. The van der Waals surface area contributed by atoms with Gasteiger partial charge < -0.3 is 4.57 Å². The van der Waals surface area contributed by atoms with Crippen molar-refractivity contribution in [3.63, 3.8) is 0 Å². The number of hydrogen-bond acceptors (Lipinski definition) is 2. The van der Waals surface area contributed by atoms with Crippen LogP contribution >= 0.6 is 0 Å². The molecule has 0 aliphatic carbocycles. The Balaban J connectivity index is 1.34. The van der Waals surface area contributed by atoms with Gasteiger partial charge in [0.25, 0.3) is 0 Å². The van der Waals surface area contributed by atoms with Crippen molar-refractivity contribution in [2.75, 3.05) is 4.90 Å². The Morgan fingerprint density at radius 3 is 1.98 bits per heavy atom. The third-order valence-corrected chi connectivity index (χ3v) is 10.9. The van der Waals surface area contributed by atoms with Gasteiger partial charge in [-0.2, -0.15) is 0 Å². The quantitative estimate of drug-likeness (QED) is 0.204. The second-order valence-electron chi connectivity index (χ2n) is 14.1. The lowest BCUT2D eigenvalue weighted by molar-refractivity contribution is 0.593. The highest BCUT2D eigenvalue weighted by molar-refractivity contribution is 6.15. The minimum Gasteiger partial charge on any atom is -0.308 e. The van der Waals surface area contributed by atoms with Crippen LogP contribution in [0.3, 0.4) is 0 Å². The first-order chi connectivity index (χ1) is 22.3. The van der Waals surface area contributed by atoms with Gasteiger partial charge in [-0.3, -0.25) is 4.90 Å². The topological polar surface area (TPSA) is 21.1 Å². The van der Waals surface area contributed by atoms with Crippen molar-refractivity contribution >= 4 is 60.7 Å². The molecule has 0 bridgehead atoms. The third kappa shape index (κ3) is 3.20. The summed E-state index contributed by atoms with van der Waals surface area (Å²) in [5.41, 5.74) is 12.5. The molecular weight excluding hydrogens is 558 g/mol. The Kier molecular flexibility index (Phi) is 4.86. The number of hydrogen-bond donors (Lipinski definition) is 0. The number of anilines is 3. The fraction of sp³-hybridized carbons (Fsp3) is 0.140. The molecule has 3 heteroatoms. The van der Waals surface area contributed by atoms with Crippen LogP contribution in [0.1, 0.15) is 49.9 Å². The molecule has 10 rings (SSSR count). The molecule has 0 unspecified atom stereocenters. The lowest BCUT2D eigenvalue weighted by Gasteiger charge is -2.42. The lowest BCUT2D eigenvalue weighted by Crippen LogP contribution is -2.33. The molecule has 0 fully saturated rings. The highest BCUT2D eigenvalue weighted by atomic mass is 15.2. The molecule has 2 aliphatic heterocycles. The number of nitrogens with zero attached hydrogens (tertiary/aromatic N) is 3. The summed E-state index contributed by atoms with van der Waals surface area (Å²) in [5, 5.41) is 6.19.